The average Bonchev–Trinajstić information content (AvgIpc) is 3.35. The van der Waals surface area contributed by atoms with E-state index in [0.717, 1.165) is 0 Å². The minimum absolute atomic E-state index is 0.410. The van der Waals surface area contributed by atoms with Gasteiger partial charge in [0.05, 0.1) is 4.90 Å². The third-order valence-corrected chi connectivity index (χ3v) is 6.45. The molecule has 2 rings (SSSR count). The quantitative estimate of drug-likeness (QED) is 0.537. The predicted molar refractivity (Wildman–Crippen MR) is 120 cm³/mol. The summed E-state index contributed by atoms with van der Waals surface area (Å²) < 4.78 is 43.2. The molecule has 0 aliphatic rings. The number of hydrogen-bond acceptors (Lipinski definition) is 6. The van der Waals surface area contributed by atoms with E-state index in [2.05, 4.69) is 0 Å². The van der Waals surface area contributed by atoms with Gasteiger partial charge in [0.15, 0.2) is 19.7 Å². The van der Waals surface area contributed by atoms with Gasteiger partial charge in [-0.05, 0) is 22.9 Å². The Hall–Kier alpha value is -0.700. The Bertz CT molecular complexity index is 607. The predicted octanol–water partition coefficient (Wildman–Crippen LogP) is 6.41. The Morgan fingerprint density at radius 2 is 1.15 bits per heavy atom. The van der Waals surface area contributed by atoms with E-state index in [0.29, 0.717) is 9.10 Å². The van der Waals surface area contributed by atoms with Crippen molar-refractivity contribution in [2.24, 2.45) is 0 Å². The highest BCUT2D eigenvalue weighted by molar-refractivity contribution is 7.92. The summed E-state index contributed by atoms with van der Waals surface area (Å²) in [4.78, 5) is 0.410. The molecular weight excluding hydrogens is 408 g/mol. The molecule has 2 aromatic heterocycles. The van der Waals surface area contributed by atoms with Crippen molar-refractivity contribution in [2.45, 2.75) is 64.5 Å². The third-order valence-electron chi connectivity index (χ3n) is 1.78. The SMILES string of the molecule is CC.CC.CC.CC.CS(=O)(=O)c1cccs1.CS(=O)(=O)c1ccsc1. The topological polar surface area (TPSA) is 68.3 Å². The maximum atomic E-state index is 10.7. The third kappa shape index (κ3) is 18.1. The van der Waals surface area contributed by atoms with Crippen LogP contribution in [0.2, 0.25) is 0 Å². The fraction of sp³-hybridized carbons (Fsp3) is 0.556. The molecule has 0 aliphatic heterocycles. The smallest absolute Gasteiger partial charge is 0.184 e. The molecule has 0 spiro atoms. The van der Waals surface area contributed by atoms with Crippen LogP contribution in [0.1, 0.15) is 55.4 Å². The van der Waals surface area contributed by atoms with E-state index >= 15 is 0 Å². The van der Waals surface area contributed by atoms with Gasteiger partial charge in [-0.2, -0.15) is 11.3 Å². The van der Waals surface area contributed by atoms with Gasteiger partial charge in [-0.15, -0.1) is 11.3 Å². The van der Waals surface area contributed by atoms with E-state index in [-0.39, 0.29) is 0 Å². The Kier molecular flexibility index (Phi) is 26.1. The lowest BCUT2D eigenvalue weighted by molar-refractivity contribution is 0.601. The van der Waals surface area contributed by atoms with Crippen LogP contribution in [0, 0.1) is 0 Å². The normalized spacial score (nSPS) is 9.00. The van der Waals surface area contributed by atoms with Gasteiger partial charge in [-0.25, -0.2) is 16.8 Å². The van der Waals surface area contributed by atoms with Gasteiger partial charge in [-0.1, -0.05) is 61.5 Å². The number of rotatable bonds is 2. The van der Waals surface area contributed by atoms with Crippen molar-refractivity contribution in [3.05, 3.63) is 34.3 Å². The van der Waals surface area contributed by atoms with Crippen molar-refractivity contribution >= 4 is 42.3 Å². The van der Waals surface area contributed by atoms with Crippen LogP contribution in [0.5, 0.6) is 0 Å². The van der Waals surface area contributed by atoms with Crippen molar-refractivity contribution in [1.29, 1.82) is 0 Å². The summed E-state index contributed by atoms with van der Waals surface area (Å²) in [6.45, 7) is 16.0. The van der Waals surface area contributed by atoms with E-state index in [1.165, 1.54) is 35.2 Å². The summed E-state index contributed by atoms with van der Waals surface area (Å²) in [5, 5.41) is 5.11. The summed E-state index contributed by atoms with van der Waals surface area (Å²) >= 11 is 2.63. The lowest BCUT2D eigenvalue weighted by Crippen LogP contribution is -1.92. The Morgan fingerprint density at radius 1 is 0.692 bits per heavy atom. The minimum Gasteiger partial charge on any atom is -0.224 e. The maximum absolute atomic E-state index is 10.7. The van der Waals surface area contributed by atoms with Gasteiger partial charge in [0.1, 0.15) is 4.21 Å². The first-order valence-electron chi connectivity index (χ1n) is 8.67. The van der Waals surface area contributed by atoms with Crippen LogP contribution in [0.25, 0.3) is 0 Å². The molecule has 156 valence electrons. The molecule has 0 saturated heterocycles. The van der Waals surface area contributed by atoms with Crippen molar-refractivity contribution in [3.63, 3.8) is 0 Å². The molecular formula is C18H36O4S4. The van der Waals surface area contributed by atoms with Gasteiger partial charge >= 0.3 is 0 Å². The lowest BCUT2D eigenvalue weighted by atomic mass is 10.7. The molecule has 2 aromatic rings. The summed E-state index contributed by atoms with van der Waals surface area (Å²) in [5.74, 6) is 0. The highest BCUT2D eigenvalue weighted by Gasteiger charge is 2.05. The van der Waals surface area contributed by atoms with Crippen molar-refractivity contribution in [3.8, 4) is 0 Å². The Morgan fingerprint density at radius 3 is 1.31 bits per heavy atom. The van der Waals surface area contributed by atoms with Crippen molar-refractivity contribution < 1.29 is 16.8 Å². The van der Waals surface area contributed by atoms with Gasteiger partial charge < -0.3 is 0 Å². The van der Waals surface area contributed by atoms with Crippen LogP contribution in [-0.4, -0.2) is 29.3 Å². The number of sulfone groups is 2. The average molecular weight is 445 g/mol. The molecule has 2 heterocycles. The molecule has 0 saturated carbocycles. The van der Waals surface area contributed by atoms with Crippen LogP contribution >= 0.6 is 22.7 Å². The summed E-state index contributed by atoms with van der Waals surface area (Å²) in [7, 11) is -5.89. The molecule has 0 bridgehead atoms. The zero-order chi connectivity index (χ0) is 21.8. The largest absolute Gasteiger partial charge is 0.224 e. The summed E-state index contributed by atoms with van der Waals surface area (Å²) in [6.07, 6.45) is 2.41. The van der Waals surface area contributed by atoms with Crippen LogP contribution < -0.4 is 0 Å². The van der Waals surface area contributed by atoms with Gasteiger partial charge in [-0.3, -0.25) is 0 Å². The molecule has 0 unspecified atom stereocenters. The van der Waals surface area contributed by atoms with Crippen LogP contribution in [0.4, 0.5) is 0 Å². The molecule has 0 amide bonds. The van der Waals surface area contributed by atoms with Gasteiger partial charge in [0, 0.05) is 17.9 Å². The Balaban J connectivity index is -0.000000135. The summed E-state index contributed by atoms with van der Waals surface area (Å²) in [6, 6.07) is 4.92. The van der Waals surface area contributed by atoms with Crippen LogP contribution in [-0.2, 0) is 19.7 Å². The Labute approximate surface area is 170 Å². The zero-order valence-corrected chi connectivity index (χ0v) is 21.0. The molecule has 0 aliphatic carbocycles. The molecule has 0 atom stereocenters. The molecule has 0 aromatic carbocycles. The molecule has 0 fully saturated rings. The molecule has 26 heavy (non-hydrogen) atoms. The van der Waals surface area contributed by atoms with E-state index < -0.39 is 19.7 Å². The van der Waals surface area contributed by atoms with E-state index in [1.807, 2.05) is 55.4 Å². The van der Waals surface area contributed by atoms with Crippen molar-refractivity contribution in [2.75, 3.05) is 12.5 Å². The maximum Gasteiger partial charge on any atom is 0.184 e. The van der Waals surface area contributed by atoms with E-state index in [4.69, 9.17) is 0 Å². The van der Waals surface area contributed by atoms with Crippen molar-refractivity contribution in [1.82, 2.24) is 0 Å². The standard InChI is InChI=1S/2C5H6O2S2.4C2H6/c1-9(6,7)5-2-3-8-4-5;1-9(6,7)5-3-2-4-8-5;4*1-2/h2*2-4H,1H3;4*1-2H3. The molecule has 0 radical (unpaired) electrons. The monoisotopic (exact) mass is 444 g/mol. The van der Waals surface area contributed by atoms with Gasteiger partial charge in [0.2, 0.25) is 0 Å². The first-order chi connectivity index (χ1) is 12.2. The molecule has 0 N–H and O–H groups in total. The van der Waals surface area contributed by atoms with Crippen LogP contribution in [0.3, 0.4) is 0 Å². The number of hydrogen-bond donors (Lipinski definition) is 0. The second kappa shape index (κ2) is 20.6. The first kappa shape index (κ1) is 32.9. The second-order valence-corrected chi connectivity index (χ2v) is 9.42. The van der Waals surface area contributed by atoms with E-state index in [1.54, 1.807) is 34.3 Å². The summed E-state index contributed by atoms with van der Waals surface area (Å²) in [5.41, 5.74) is 0. The second-order valence-electron chi connectivity index (χ2n) is 3.44. The van der Waals surface area contributed by atoms with Crippen LogP contribution in [0.15, 0.2) is 43.4 Å². The van der Waals surface area contributed by atoms with Gasteiger partial charge in [0.25, 0.3) is 0 Å². The first-order valence-corrected chi connectivity index (χ1v) is 14.3. The molecule has 4 nitrogen and oxygen atoms in total. The van der Waals surface area contributed by atoms with E-state index in [9.17, 15) is 16.8 Å². The fourth-order valence-corrected chi connectivity index (χ4v) is 4.36. The minimum atomic E-state index is -2.95. The lowest BCUT2D eigenvalue weighted by Gasteiger charge is -1.86. The number of thiophene rings is 2. The highest BCUT2D eigenvalue weighted by Crippen LogP contribution is 2.14. The zero-order valence-electron chi connectivity index (χ0n) is 17.7. The fourth-order valence-electron chi connectivity index (χ4n) is 0.937. The molecule has 8 heteroatoms. The highest BCUT2D eigenvalue weighted by atomic mass is 32.2.